The van der Waals surface area contributed by atoms with Gasteiger partial charge in [-0.2, -0.15) is 4.98 Å². The van der Waals surface area contributed by atoms with E-state index in [1.807, 2.05) is 26.0 Å². The highest BCUT2D eigenvalue weighted by molar-refractivity contribution is 9.10. The van der Waals surface area contributed by atoms with Gasteiger partial charge in [-0.05, 0) is 26.0 Å². The first-order valence-electron chi connectivity index (χ1n) is 6.12. The Morgan fingerprint density at radius 3 is 2.70 bits per heavy atom. The summed E-state index contributed by atoms with van der Waals surface area (Å²) in [6.45, 7) is 4.07. The quantitative estimate of drug-likeness (QED) is 0.900. The number of benzene rings is 1. The molecule has 108 valence electrons. The normalized spacial score (nSPS) is 10.9. The highest BCUT2D eigenvalue weighted by Crippen LogP contribution is 2.40. The molecule has 0 radical (unpaired) electrons. The van der Waals surface area contributed by atoms with Crippen molar-refractivity contribution in [2.45, 2.75) is 26.5 Å². The van der Waals surface area contributed by atoms with Crippen LogP contribution in [0.1, 0.15) is 19.7 Å². The minimum atomic E-state index is -0.00953. The van der Waals surface area contributed by atoms with Crippen LogP contribution in [0.3, 0.4) is 0 Å². The van der Waals surface area contributed by atoms with E-state index < -0.39 is 0 Å². The first kappa shape index (κ1) is 14.8. The van der Waals surface area contributed by atoms with E-state index in [1.54, 1.807) is 7.11 Å². The molecule has 7 heteroatoms. The Hall–Kier alpha value is -1.60. The van der Waals surface area contributed by atoms with E-state index in [-0.39, 0.29) is 12.6 Å². The SMILES string of the molecule is COc1cc(Br)cc(-c2noc(CN)n2)c1OC(C)C. The van der Waals surface area contributed by atoms with Crippen LogP contribution in [0.4, 0.5) is 0 Å². The summed E-state index contributed by atoms with van der Waals surface area (Å²) >= 11 is 3.43. The number of methoxy groups -OCH3 is 1. The molecule has 0 aliphatic rings. The fourth-order valence-corrected chi connectivity index (χ4v) is 2.13. The maximum Gasteiger partial charge on any atom is 0.240 e. The van der Waals surface area contributed by atoms with Crippen molar-refractivity contribution in [3.8, 4) is 22.9 Å². The minimum Gasteiger partial charge on any atom is -0.493 e. The summed E-state index contributed by atoms with van der Waals surface area (Å²) < 4.78 is 17.1. The molecule has 1 aromatic heterocycles. The monoisotopic (exact) mass is 341 g/mol. The molecule has 2 aromatic rings. The lowest BCUT2D eigenvalue weighted by Gasteiger charge is -2.16. The second-order valence-electron chi connectivity index (χ2n) is 4.37. The molecule has 0 bridgehead atoms. The number of aromatic nitrogens is 2. The van der Waals surface area contributed by atoms with Crippen molar-refractivity contribution >= 4 is 15.9 Å². The summed E-state index contributed by atoms with van der Waals surface area (Å²) in [6.07, 6.45) is -0.00953. The van der Waals surface area contributed by atoms with Crippen molar-refractivity contribution in [1.29, 1.82) is 0 Å². The Labute approximate surface area is 125 Å². The van der Waals surface area contributed by atoms with Gasteiger partial charge in [-0.15, -0.1) is 0 Å². The molecule has 0 atom stereocenters. The molecule has 0 amide bonds. The molecule has 0 saturated carbocycles. The van der Waals surface area contributed by atoms with Gasteiger partial charge in [-0.25, -0.2) is 0 Å². The molecule has 0 unspecified atom stereocenters. The number of halogens is 1. The smallest absolute Gasteiger partial charge is 0.240 e. The van der Waals surface area contributed by atoms with Gasteiger partial charge >= 0.3 is 0 Å². The Morgan fingerprint density at radius 1 is 1.40 bits per heavy atom. The van der Waals surface area contributed by atoms with Gasteiger partial charge in [-0.1, -0.05) is 21.1 Å². The number of rotatable bonds is 5. The average molecular weight is 342 g/mol. The maximum atomic E-state index is 5.82. The van der Waals surface area contributed by atoms with Crippen LogP contribution in [0.15, 0.2) is 21.1 Å². The van der Waals surface area contributed by atoms with Crippen molar-refractivity contribution < 1.29 is 14.0 Å². The molecule has 1 heterocycles. The van der Waals surface area contributed by atoms with Crippen LogP contribution in [-0.4, -0.2) is 23.4 Å². The van der Waals surface area contributed by atoms with Crippen molar-refractivity contribution in [3.63, 3.8) is 0 Å². The summed E-state index contributed by atoms with van der Waals surface area (Å²) in [7, 11) is 1.58. The molecule has 0 fully saturated rings. The van der Waals surface area contributed by atoms with E-state index in [0.717, 1.165) is 4.47 Å². The van der Waals surface area contributed by atoms with Crippen LogP contribution in [0, 0.1) is 0 Å². The second-order valence-corrected chi connectivity index (χ2v) is 5.28. The van der Waals surface area contributed by atoms with E-state index in [4.69, 9.17) is 19.7 Å². The average Bonchev–Trinajstić information content (AvgIpc) is 2.88. The predicted molar refractivity (Wildman–Crippen MR) is 77.6 cm³/mol. The third-order valence-electron chi connectivity index (χ3n) is 2.48. The van der Waals surface area contributed by atoms with Crippen LogP contribution in [-0.2, 0) is 6.54 Å². The summed E-state index contributed by atoms with van der Waals surface area (Å²) in [5, 5.41) is 3.92. The Morgan fingerprint density at radius 2 is 2.15 bits per heavy atom. The molecular formula is C13H16BrN3O3. The fraction of sp³-hybridized carbons (Fsp3) is 0.385. The zero-order valence-electron chi connectivity index (χ0n) is 11.5. The first-order valence-corrected chi connectivity index (χ1v) is 6.91. The number of hydrogen-bond donors (Lipinski definition) is 1. The van der Waals surface area contributed by atoms with Crippen LogP contribution < -0.4 is 15.2 Å². The topological polar surface area (TPSA) is 83.4 Å². The largest absolute Gasteiger partial charge is 0.493 e. The van der Waals surface area contributed by atoms with Gasteiger partial charge in [0.15, 0.2) is 11.5 Å². The highest BCUT2D eigenvalue weighted by atomic mass is 79.9. The zero-order valence-corrected chi connectivity index (χ0v) is 13.1. The van der Waals surface area contributed by atoms with E-state index in [1.165, 1.54) is 0 Å². The van der Waals surface area contributed by atoms with E-state index in [2.05, 4.69) is 26.1 Å². The zero-order chi connectivity index (χ0) is 14.7. The van der Waals surface area contributed by atoms with Gasteiger partial charge in [0.1, 0.15) is 0 Å². The van der Waals surface area contributed by atoms with Crippen molar-refractivity contribution in [2.75, 3.05) is 7.11 Å². The number of nitrogens with two attached hydrogens (primary N) is 1. The van der Waals surface area contributed by atoms with Crippen LogP contribution in [0.25, 0.3) is 11.4 Å². The van der Waals surface area contributed by atoms with Gasteiger partial charge in [-0.3, -0.25) is 0 Å². The third kappa shape index (κ3) is 3.10. The molecule has 2 N–H and O–H groups in total. The third-order valence-corrected chi connectivity index (χ3v) is 2.93. The number of nitrogens with zero attached hydrogens (tertiary/aromatic N) is 2. The Kier molecular flexibility index (Phi) is 4.61. The lowest BCUT2D eigenvalue weighted by atomic mass is 10.1. The van der Waals surface area contributed by atoms with Crippen LogP contribution >= 0.6 is 15.9 Å². The van der Waals surface area contributed by atoms with Crippen molar-refractivity contribution in [2.24, 2.45) is 5.73 Å². The van der Waals surface area contributed by atoms with E-state index in [0.29, 0.717) is 28.8 Å². The number of ether oxygens (including phenoxy) is 2. The minimum absolute atomic E-state index is 0.00953. The summed E-state index contributed by atoms with van der Waals surface area (Å²) in [6, 6.07) is 3.68. The summed E-state index contributed by atoms with van der Waals surface area (Å²) in [5.74, 6) is 1.97. The van der Waals surface area contributed by atoms with Gasteiger partial charge < -0.3 is 19.7 Å². The van der Waals surface area contributed by atoms with Crippen molar-refractivity contribution in [1.82, 2.24) is 10.1 Å². The Balaban J connectivity index is 2.56. The van der Waals surface area contributed by atoms with E-state index in [9.17, 15) is 0 Å². The standard InChI is InChI=1S/C13H16BrN3O3/c1-7(2)19-12-9(4-8(14)5-10(12)18-3)13-16-11(6-15)20-17-13/h4-5,7H,6,15H2,1-3H3. The molecule has 6 nitrogen and oxygen atoms in total. The molecule has 20 heavy (non-hydrogen) atoms. The Bertz CT molecular complexity index is 599. The molecular weight excluding hydrogens is 326 g/mol. The highest BCUT2D eigenvalue weighted by Gasteiger charge is 2.19. The molecule has 2 rings (SSSR count). The maximum absolute atomic E-state index is 5.82. The van der Waals surface area contributed by atoms with Crippen LogP contribution in [0.5, 0.6) is 11.5 Å². The number of hydrogen-bond acceptors (Lipinski definition) is 6. The lowest BCUT2D eigenvalue weighted by molar-refractivity contribution is 0.231. The second kappa shape index (κ2) is 6.23. The first-order chi connectivity index (χ1) is 9.55. The van der Waals surface area contributed by atoms with Crippen molar-refractivity contribution in [3.05, 3.63) is 22.5 Å². The van der Waals surface area contributed by atoms with Gasteiger partial charge in [0.25, 0.3) is 0 Å². The fourth-order valence-electron chi connectivity index (χ4n) is 1.69. The molecule has 0 saturated heterocycles. The van der Waals surface area contributed by atoms with Gasteiger partial charge in [0, 0.05) is 4.47 Å². The van der Waals surface area contributed by atoms with E-state index >= 15 is 0 Å². The van der Waals surface area contributed by atoms with Crippen LogP contribution in [0.2, 0.25) is 0 Å². The van der Waals surface area contributed by atoms with Gasteiger partial charge in [0.2, 0.25) is 11.7 Å². The molecule has 0 aliphatic carbocycles. The predicted octanol–water partition coefficient (Wildman–Crippen LogP) is 2.75. The molecule has 0 spiro atoms. The summed E-state index contributed by atoms with van der Waals surface area (Å²) in [4.78, 5) is 4.22. The summed E-state index contributed by atoms with van der Waals surface area (Å²) in [5.41, 5.74) is 6.17. The van der Waals surface area contributed by atoms with Gasteiger partial charge in [0.05, 0.1) is 25.3 Å². The lowest BCUT2D eigenvalue weighted by Crippen LogP contribution is -2.08. The molecule has 0 aliphatic heterocycles. The molecule has 1 aromatic carbocycles.